The third kappa shape index (κ3) is 12.4. The molecule has 29 heavy (non-hydrogen) atoms. The van der Waals surface area contributed by atoms with Crippen molar-refractivity contribution in [3.63, 3.8) is 0 Å². The van der Waals surface area contributed by atoms with Gasteiger partial charge in [0.1, 0.15) is 5.78 Å². The van der Waals surface area contributed by atoms with E-state index in [0.717, 1.165) is 31.7 Å². The summed E-state index contributed by atoms with van der Waals surface area (Å²) in [6, 6.07) is 0.176. The molecule has 0 aromatic rings. The van der Waals surface area contributed by atoms with Crippen LogP contribution in [-0.4, -0.2) is 41.9 Å². The number of nitrogens with zero attached hydrogens (tertiary/aromatic N) is 1. The Morgan fingerprint density at radius 2 is 1.52 bits per heavy atom. The fraction of sp³-hybridized carbons (Fsp3) is 0.920. The fourth-order valence-electron chi connectivity index (χ4n) is 4.19. The zero-order chi connectivity index (χ0) is 21.6. The van der Waals surface area contributed by atoms with Gasteiger partial charge in [-0.05, 0) is 38.5 Å². The lowest BCUT2D eigenvalue weighted by molar-refractivity contribution is -0.135. The summed E-state index contributed by atoms with van der Waals surface area (Å²) in [5.41, 5.74) is 0. The number of ketones is 1. The van der Waals surface area contributed by atoms with E-state index in [0.29, 0.717) is 31.8 Å². The first-order valence-electron chi connectivity index (χ1n) is 12.2. The topological polar surface area (TPSA) is 46.6 Å². The molecule has 1 saturated heterocycles. The second-order valence-electron chi connectivity index (χ2n) is 9.87. The average Bonchev–Trinajstić information content (AvgIpc) is 3.03. The van der Waals surface area contributed by atoms with Crippen molar-refractivity contribution < 1.29 is 14.3 Å². The summed E-state index contributed by atoms with van der Waals surface area (Å²) in [7, 11) is 0. The molecule has 0 spiro atoms. The van der Waals surface area contributed by atoms with Crippen LogP contribution in [-0.2, 0) is 14.3 Å². The number of rotatable bonds is 16. The molecule has 2 atom stereocenters. The molecular weight excluding hydrogens is 362 g/mol. The molecule has 0 N–H and O–H groups in total. The minimum atomic E-state index is 0.126. The smallest absolute Gasteiger partial charge is 0.223 e. The van der Waals surface area contributed by atoms with Crippen molar-refractivity contribution in [3.05, 3.63) is 0 Å². The molecule has 170 valence electrons. The van der Waals surface area contributed by atoms with Gasteiger partial charge in [0.25, 0.3) is 0 Å². The van der Waals surface area contributed by atoms with Crippen molar-refractivity contribution in [3.8, 4) is 0 Å². The summed E-state index contributed by atoms with van der Waals surface area (Å²) in [6.45, 7) is 12.2. The van der Waals surface area contributed by atoms with E-state index in [9.17, 15) is 9.59 Å². The first-order valence-corrected chi connectivity index (χ1v) is 12.2. The van der Waals surface area contributed by atoms with E-state index < -0.39 is 0 Å². The molecule has 1 aliphatic heterocycles. The number of hydrogen-bond acceptors (Lipinski definition) is 3. The Hall–Kier alpha value is -0.900. The number of Topliss-reactive ketones (excluding diaryl/α,β-unsaturated/α-hetero) is 1. The van der Waals surface area contributed by atoms with Crippen LogP contribution in [0.25, 0.3) is 0 Å². The van der Waals surface area contributed by atoms with Gasteiger partial charge in [-0.2, -0.15) is 0 Å². The molecule has 4 heteroatoms. The molecule has 2 unspecified atom stereocenters. The van der Waals surface area contributed by atoms with E-state index in [1.165, 1.54) is 38.5 Å². The zero-order valence-electron chi connectivity index (χ0n) is 19.9. The lowest BCUT2D eigenvalue weighted by Crippen LogP contribution is -2.39. The third-order valence-electron chi connectivity index (χ3n) is 5.92. The molecule has 4 nitrogen and oxygen atoms in total. The highest BCUT2D eigenvalue weighted by atomic mass is 16.5. The van der Waals surface area contributed by atoms with Crippen molar-refractivity contribution in [2.75, 3.05) is 13.2 Å². The predicted molar refractivity (Wildman–Crippen MR) is 121 cm³/mol. The molecular formula is C25H47NO3. The standard InChI is InChI=1S/C25H47NO3/c1-20(2)13-11-9-7-6-8-10-12-14-24(27)15-16-25(28)26-18-22(5)17-23(26)19-29-21(3)4/h20-23H,6-19H2,1-5H3. The van der Waals surface area contributed by atoms with Crippen LogP contribution in [0.3, 0.4) is 0 Å². The van der Waals surface area contributed by atoms with Gasteiger partial charge in [0.05, 0.1) is 18.8 Å². The van der Waals surface area contributed by atoms with Gasteiger partial charge >= 0.3 is 0 Å². The summed E-state index contributed by atoms with van der Waals surface area (Å²) >= 11 is 0. The van der Waals surface area contributed by atoms with Gasteiger partial charge in [0, 0.05) is 25.8 Å². The highest BCUT2D eigenvalue weighted by Gasteiger charge is 2.33. The van der Waals surface area contributed by atoms with E-state index >= 15 is 0 Å². The third-order valence-corrected chi connectivity index (χ3v) is 5.92. The molecule has 1 aliphatic rings. The van der Waals surface area contributed by atoms with E-state index in [1.54, 1.807) is 0 Å². The van der Waals surface area contributed by atoms with Crippen LogP contribution >= 0.6 is 0 Å². The van der Waals surface area contributed by atoms with Gasteiger partial charge in [-0.25, -0.2) is 0 Å². The van der Waals surface area contributed by atoms with Crippen molar-refractivity contribution >= 4 is 11.7 Å². The molecule has 0 aliphatic carbocycles. The van der Waals surface area contributed by atoms with Crippen LogP contribution in [0.15, 0.2) is 0 Å². The molecule has 1 fully saturated rings. The highest BCUT2D eigenvalue weighted by molar-refractivity contribution is 5.85. The van der Waals surface area contributed by atoms with Crippen molar-refractivity contribution in [1.29, 1.82) is 0 Å². The molecule has 0 bridgehead atoms. The minimum absolute atomic E-state index is 0.126. The molecule has 0 radical (unpaired) electrons. The number of likely N-dealkylation sites (tertiary alicyclic amines) is 1. The van der Waals surface area contributed by atoms with Crippen LogP contribution in [0.1, 0.15) is 112 Å². The predicted octanol–water partition coefficient (Wildman–Crippen LogP) is 6.16. The van der Waals surface area contributed by atoms with Gasteiger partial charge in [0.2, 0.25) is 5.91 Å². The Labute approximate surface area is 180 Å². The Balaban J connectivity index is 2.10. The van der Waals surface area contributed by atoms with Crippen molar-refractivity contribution in [2.45, 2.75) is 124 Å². The normalized spacial score (nSPS) is 19.5. The number of unbranched alkanes of at least 4 members (excludes halogenated alkanes) is 6. The van der Waals surface area contributed by atoms with E-state index in [2.05, 4.69) is 20.8 Å². The summed E-state index contributed by atoms with van der Waals surface area (Å²) in [4.78, 5) is 26.7. The fourth-order valence-corrected chi connectivity index (χ4v) is 4.19. The Bertz CT molecular complexity index is 461. The lowest BCUT2D eigenvalue weighted by atomic mass is 10.0. The molecule has 0 aromatic carbocycles. The van der Waals surface area contributed by atoms with Gasteiger partial charge in [-0.1, -0.05) is 65.7 Å². The Morgan fingerprint density at radius 3 is 2.14 bits per heavy atom. The zero-order valence-corrected chi connectivity index (χ0v) is 19.9. The van der Waals surface area contributed by atoms with Crippen molar-refractivity contribution in [1.82, 2.24) is 4.90 Å². The van der Waals surface area contributed by atoms with Gasteiger partial charge in [0.15, 0.2) is 0 Å². The summed E-state index contributed by atoms with van der Waals surface area (Å²) in [5, 5.41) is 0. The maximum atomic E-state index is 12.6. The van der Waals surface area contributed by atoms with Crippen LogP contribution in [0.5, 0.6) is 0 Å². The molecule has 0 aromatic heterocycles. The number of amides is 1. The molecule has 0 saturated carbocycles. The second-order valence-corrected chi connectivity index (χ2v) is 9.87. The first kappa shape index (κ1) is 26.1. The first-order chi connectivity index (χ1) is 13.8. The lowest BCUT2D eigenvalue weighted by Gasteiger charge is -2.25. The maximum absolute atomic E-state index is 12.6. The number of carbonyl (C=O) groups is 2. The van der Waals surface area contributed by atoms with Gasteiger partial charge in [-0.3, -0.25) is 9.59 Å². The Kier molecular flexibility index (Phi) is 13.5. The summed E-state index contributed by atoms with van der Waals surface area (Å²) in [5.74, 6) is 1.71. The quantitative estimate of drug-likeness (QED) is 0.287. The highest BCUT2D eigenvalue weighted by Crippen LogP contribution is 2.24. The van der Waals surface area contributed by atoms with Crippen LogP contribution in [0.4, 0.5) is 0 Å². The molecule has 1 amide bonds. The number of carbonyl (C=O) groups excluding carboxylic acids is 2. The largest absolute Gasteiger partial charge is 0.377 e. The molecule has 1 heterocycles. The minimum Gasteiger partial charge on any atom is -0.377 e. The SMILES string of the molecule is CC(C)CCCCCCCCCC(=O)CCC(=O)N1CC(C)CC1COC(C)C. The van der Waals surface area contributed by atoms with E-state index in [-0.39, 0.29) is 23.8 Å². The summed E-state index contributed by atoms with van der Waals surface area (Å²) in [6.07, 6.45) is 12.6. The number of hydrogen-bond donors (Lipinski definition) is 0. The van der Waals surface area contributed by atoms with E-state index in [1.807, 2.05) is 18.7 Å². The van der Waals surface area contributed by atoms with Gasteiger partial charge < -0.3 is 9.64 Å². The van der Waals surface area contributed by atoms with Crippen molar-refractivity contribution in [2.24, 2.45) is 11.8 Å². The molecule has 1 rings (SSSR count). The summed E-state index contributed by atoms with van der Waals surface area (Å²) < 4.78 is 5.74. The van der Waals surface area contributed by atoms with Crippen LogP contribution in [0.2, 0.25) is 0 Å². The monoisotopic (exact) mass is 409 g/mol. The Morgan fingerprint density at radius 1 is 0.897 bits per heavy atom. The average molecular weight is 410 g/mol. The second kappa shape index (κ2) is 15.0. The van der Waals surface area contributed by atoms with Crippen LogP contribution in [0, 0.1) is 11.8 Å². The van der Waals surface area contributed by atoms with Crippen LogP contribution < -0.4 is 0 Å². The van der Waals surface area contributed by atoms with E-state index in [4.69, 9.17) is 4.74 Å². The number of ether oxygens (including phenoxy) is 1. The maximum Gasteiger partial charge on any atom is 0.223 e. The van der Waals surface area contributed by atoms with Gasteiger partial charge in [-0.15, -0.1) is 0 Å².